The molecule has 2 unspecified atom stereocenters. The Hall–Kier alpha value is -4.32. The SMILES string of the molecule is CCCCC(CC)CN1C(=O)c2cccc3c(-c4ccc5c6c(cccc46)C(=O)N(CC(CC)CCCC)C5=O)ccc(c23)C1=O. The molecule has 0 fully saturated rings. The Bertz CT molecular complexity index is 1680. The molecule has 2 aliphatic rings. The molecule has 4 amide bonds. The van der Waals surface area contributed by atoms with Crippen molar-refractivity contribution >= 4 is 45.2 Å². The Morgan fingerprint density at radius 2 is 0.826 bits per heavy atom. The number of rotatable bonds is 13. The smallest absolute Gasteiger partial charge is 0.261 e. The van der Waals surface area contributed by atoms with Crippen molar-refractivity contribution < 1.29 is 19.2 Å². The van der Waals surface area contributed by atoms with Crippen molar-refractivity contribution in [1.82, 2.24) is 9.80 Å². The second kappa shape index (κ2) is 13.2. The van der Waals surface area contributed by atoms with E-state index in [-0.39, 0.29) is 35.5 Å². The normalized spacial score (nSPS) is 15.7. The zero-order valence-corrected chi connectivity index (χ0v) is 27.5. The van der Waals surface area contributed by atoms with E-state index in [0.29, 0.717) is 46.1 Å². The van der Waals surface area contributed by atoms with E-state index in [2.05, 4.69) is 27.7 Å². The molecule has 4 aromatic carbocycles. The van der Waals surface area contributed by atoms with Gasteiger partial charge in [-0.1, -0.05) is 103 Å². The van der Waals surface area contributed by atoms with Gasteiger partial charge in [0.1, 0.15) is 0 Å². The van der Waals surface area contributed by atoms with E-state index in [0.717, 1.165) is 73.3 Å². The van der Waals surface area contributed by atoms with Crippen molar-refractivity contribution in [3.63, 3.8) is 0 Å². The predicted molar refractivity (Wildman–Crippen MR) is 184 cm³/mol. The highest BCUT2D eigenvalue weighted by atomic mass is 16.2. The van der Waals surface area contributed by atoms with E-state index < -0.39 is 0 Å². The van der Waals surface area contributed by atoms with Gasteiger partial charge in [0.2, 0.25) is 0 Å². The van der Waals surface area contributed by atoms with Crippen molar-refractivity contribution in [2.75, 3.05) is 13.1 Å². The minimum atomic E-state index is -0.243. The summed E-state index contributed by atoms with van der Waals surface area (Å²) in [5.74, 6) is -0.423. The van der Waals surface area contributed by atoms with E-state index >= 15 is 0 Å². The molecule has 6 rings (SSSR count). The second-order valence-corrected chi connectivity index (χ2v) is 13.1. The molecule has 0 saturated carbocycles. The van der Waals surface area contributed by atoms with Crippen LogP contribution in [0.5, 0.6) is 0 Å². The first-order valence-corrected chi connectivity index (χ1v) is 17.2. The van der Waals surface area contributed by atoms with Gasteiger partial charge in [-0.3, -0.25) is 29.0 Å². The molecule has 4 aromatic rings. The summed E-state index contributed by atoms with van der Waals surface area (Å²) in [6.07, 6.45) is 8.13. The maximum atomic E-state index is 13.8. The summed E-state index contributed by atoms with van der Waals surface area (Å²) in [4.78, 5) is 58.2. The molecule has 46 heavy (non-hydrogen) atoms. The molecule has 2 aliphatic heterocycles. The van der Waals surface area contributed by atoms with E-state index in [1.807, 2.05) is 60.7 Å². The fourth-order valence-electron chi connectivity index (χ4n) is 7.44. The zero-order valence-electron chi connectivity index (χ0n) is 27.5. The molecule has 0 aromatic heterocycles. The number of hydrogen-bond donors (Lipinski definition) is 0. The number of hydrogen-bond acceptors (Lipinski definition) is 4. The van der Waals surface area contributed by atoms with E-state index in [4.69, 9.17) is 0 Å². The summed E-state index contributed by atoms with van der Waals surface area (Å²) < 4.78 is 0. The van der Waals surface area contributed by atoms with Gasteiger partial charge in [-0.05, 0) is 70.8 Å². The molecule has 0 bridgehead atoms. The summed E-state index contributed by atoms with van der Waals surface area (Å²) in [7, 11) is 0. The summed E-state index contributed by atoms with van der Waals surface area (Å²) in [5.41, 5.74) is 3.88. The molecular formula is C40H44N2O4. The monoisotopic (exact) mass is 616 g/mol. The number of benzene rings is 4. The Balaban J connectivity index is 1.42. The standard InChI is InChI=1S/C40H44N2O4/c1-5-9-13-25(7-3)23-41-37(43)31-17-11-15-29-27(19-21-33(35(29)31)39(41)45)28-20-22-34-36-30(28)16-12-18-32(36)38(44)42(40(34)46)24-26(8-4)14-10-6-2/h11-12,15-22,25-26H,5-10,13-14,23-24H2,1-4H3. The number of amides is 4. The highest BCUT2D eigenvalue weighted by Gasteiger charge is 2.36. The van der Waals surface area contributed by atoms with Crippen LogP contribution in [0.15, 0.2) is 60.7 Å². The lowest BCUT2D eigenvalue weighted by Gasteiger charge is -2.31. The van der Waals surface area contributed by atoms with Gasteiger partial charge in [-0.15, -0.1) is 0 Å². The average Bonchev–Trinajstić information content (AvgIpc) is 3.08. The lowest BCUT2D eigenvalue weighted by molar-refractivity contribution is 0.0565. The molecule has 2 heterocycles. The maximum Gasteiger partial charge on any atom is 0.261 e. The third-order valence-electron chi connectivity index (χ3n) is 10.2. The van der Waals surface area contributed by atoms with Crippen LogP contribution in [-0.4, -0.2) is 46.5 Å². The third-order valence-corrected chi connectivity index (χ3v) is 10.2. The molecule has 0 aliphatic carbocycles. The fraction of sp³-hybridized carbons (Fsp3) is 0.400. The van der Waals surface area contributed by atoms with Crippen LogP contribution in [0.3, 0.4) is 0 Å². The van der Waals surface area contributed by atoms with Crippen LogP contribution in [0.4, 0.5) is 0 Å². The van der Waals surface area contributed by atoms with Crippen molar-refractivity contribution in [3.8, 4) is 11.1 Å². The first-order valence-electron chi connectivity index (χ1n) is 17.2. The Morgan fingerprint density at radius 3 is 1.17 bits per heavy atom. The van der Waals surface area contributed by atoms with Crippen molar-refractivity contribution in [1.29, 1.82) is 0 Å². The van der Waals surface area contributed by atoms with Gasteiger partial charge in [0.05, 0.1) is 0 Å². The van der Waals surface area contributed by atoms with Gasteiger partial charge in [-0.25, -0.2) is 0 Å². The predicted octanol–water partition coefficient (Wildman–Crippen LogP) is 9.28. The molecule has 0 saturated heterocycles. The molecule has 238 valence electrons. The van der Waals surface area contributed by atoms with Crippen LogP contribution in [0.1, 0.15) is 120 Å². The average molecular weight is 617 g/mol. The first kappa shape index (κ1) is 31.7. The Labute approximate surface area is 271 Å². The number of nitrogens with zero attached hydrogens (tertiary/aromatic N) is 2. The quantitative estimate of drug-likeness (QED) is 0.140. The molecule has 0 spiro atoms. The molecule has 6 nitrogen and oxygen atoms in total. The van der Waals surface area contributed by atoms with Crippen molar-refractivity contribution in [2.24, 2.45) is 11.8 Å². The minimum absolute atomic E-state index is 0.243. The summed E-state index contributed by atoms with van der Waals surface area (Å²) in [6.45, 7) is 9.41. The first-order chi connectivity index (χ1) is 22.3. The number of carbonyl (C=O) groups is 4. The highest BCUT2D eigenvalue weighted by Crippen LogP contribution is 2.42. The van der Waals surface area contributed by atoms with Gasteiger partial charge in [0, 0.05) is 46.1 Å². The lowest BCUT2D eigenvalue weighted by atomic mass is 9.85. The van der Waals surface area contributed by atoms with Crippen molar-refractivity contribution in [3.05, 3.63) is 82.9 Å². The third kappa shape index (κ3) is 5.32. The fourth-order valence-corrected chi connectivity index (χ4v) is 7.44. The Morgan fingerprint density at radius 1 is 0.478 bits per heavy atom. The van der Waals surface area contributed by atoms with E-state index in [1.165, 1.54) is 9.80 Å². The zero-order chi connectivity index (χ0) is 32.5. The maximum absolute atomic E-state index is 13.8. The van der Waals surface area contributed by atoms with Crippen LogP contribution in [-0.2, 0) is 0 Å². The second-order valence-electron chi connectivity index (χ2n) is 13.1. The number of carbonyl (C=O) groups excluding carboxylic acids is 4. The highest BCUT2D eigenvalue weighted by molar-refractivity contribution is 6.29. The van der Waals surface area contributed by atoms with Gasteiger partial charge >= 0.3 is 0 Å². The summed E-state index contributed by atoms with van der Waals surface area (Å²) >= 11 is 0. The molecule has 0 radical (unpaired) electrons. The molecule has 0 N–H and O–H groups in total. The molecule has 2 atom stereocenters. The van der Waals surface area contributed by atoms with Crippen LogP contribution in [0.2, 0.25) is 0 Å². The topological polar surface area (TPSA) is 74.8 Å². The summed E-state index contributed by atoms with van der Waals surface area (Å²) in [5, 5.41) is 2.97. The van der Waals surface area contributed by atoms with Crippen molar-refractivity contribution in [2.45, 2.75) is 79.1 Å². The molecule has 6 heteroatoms. The number of imide groups is 2. The van der Waals surface area contributed by atoms with Gasteiger partial charge < -0.3 is 0 Å². The summed E-state index contributed by atoms with van der Waals surface area (Å²) in [6, 6.07) is 18.9. The van der Waals surface area contributed by atoms with Crippen LogP contribution < -0.4 is 0 Å². The van der Waals surface area contributed by atoms with E-state index in [9.17, 15) is 19.2 Å². The minimum Gasteiger partial charge on any atom is -0.274 e. The molecular weight excluding hydrogens is 572 g/mol. The number of unbranched alkanes of at least 4 members (excludes halogenated alkanes) is 2. The van der Waals surface area contributed by atoms with Gasteiger partial charge in [0.15, 0.2) is 0 Å². The Kier molecular flexibility index (Phi) is 9.08. The largest absolute Gasteiger partial charge is 0.274 e. The van der Waals surface area contributed by atoms with Crippen LogP contribution in [0, 0.1) is 11.8 Å². The van der Waals surface area contributed by atoms with E-state index in [1.54, 1.807) is 0 Å². The van der Waals surface area contributed by atoms with Gasteiger partial charge in [0.25, 0.3) is 23.6 Å². The lowest BCUT2D eigenvalue weighted by Crippen LogP contribution is -2.43. The van der Waals surface area contributed by atoms with Crippen LogP contribution in [0.25, 0.3) is 32.7 Å². The van der Waals surface area contributed by atoms with Gasteiger partial charge in [-0.2, -0.15) is 0 Å². The van der Waals surface area contributed by atoms with Crippen LogP contribution >= 0.6 is 0 Å².